The second-order valence-electron chi connectivity index (χ2n) is 9.23. The van der Waals surface area contributed by atoms with E-state index in [0.717, 1.165) is 46.0 Å². The maximum atomic E-state index is 13.5. The molecular formula is C27H28N2O3S2. The van der Waals surface area contributed by atoms with Crippen LogP contribution in [0.5, 0.6) is 0 Å². The molecule has 1 aliphatic carbocycles. The molecule has 5 rings (SSSR count). The van der Waals surface area contributed by atoms with E-state index in [0.29, 0.717) is 29.0 Å². The lowest BCUT2D eigenvalue weighted by atomic mass is 9.95. The highest BCUT2D eigenvalue weighted by molar-refractivity contribution is 7.98. The summed E-state index contributed by atoms with van der Waals surface area (Å²) in [5, 5.41) is 2.38. The second-order valence-corrected chi connectivity index (χ2v) is 11.3. The van der Waals surface area contributed by atoms with Crippen molar-refractivity contribution in [2.24, 2.45) is 0 Å². The molecule has 1 aromatic carbocycles. The summed E-state index contributed by atoms with van der Waals surface area (Å²) in [6, 6.07) is 5.65. The first kappa shape index (κ1) is 23.1. The summed E-state index contributed by atoms with van der Waals surface area (Å²) in [6.07, 6.45) is 6.02. The zero-order chi connectivity index (χ0) is 24.0. The van der Waals surface area contributed by atoms with Crippen LogP contribution in [-0.2, 0) is 25.1 Å². The molecule has 34 heavy (non-hydrogen) atoms. The lowest BCUT2D eigenvalue weighted by Crippen LogP contribution is -2.23. The first-order valence-electron chi connectivity index (χ1n) is 11.7. The SMILES string of the molecule is C=CCn1c(SCc2cc(=O)oc3cc(C)c(C(C)C)cc23)nc2sc3c(c2c1=O)CCCC3. The van der Waals surface area contributed by atoms with Crippen molar-refractivity contribution in [1.82, 2.24) is 9.55 Å². The van der Waals surface area contributed by atoms with Gasteiger partial charge < -0.3 is 4.42 Å². The van der Waals surface area contributed by atoms with Crippen LogP contribution in [0.1, 0.15) is 59.7 Å². The van der Waals surface area contributed by atoms with Gasteiger partial charge in [0.1, 0.15) is 10.4 Å². The summed E-state index contributed by atoms with van der Waals surface area (Å²) in [5.74, 6) is 0.881. The van der Waals surface area contributed by atoms with Gasteiger partial charge in [-0.3, -0.25) is 9.36 Å². The van der Waals surface area contributed by atoms with Gasteiger partial charge in [0.2, 0.25) is 0 Å². The summed E-state index contributed by atoms with van der Waals surface area (Å²) < 4.78 is 7.23. The van der Waals surface area contributed by atoms with Crippen molar-refractivity contribution < 1.29 is 4.42 Å². The number of aromatic nitrogens is 2. The van der Waals surface area contributed by atoms with Crippen LogP contribution in [0, 0.1) is 6.92 Å². The molecule has 176 valence electrons. The average Bonchev–Trinajstić information content (AvgIpc) is 3.17. The Morgan fingerprint density at radius 1 is 1.24 bits per heavy atom. The summed E-state index contributed by atoms with van der Waals surface area (Å²) >= 11 is 3.15. The van der Waals surface area contributed by atoms with Crippen molar-refractivity contribution >= 4 is 44.3 Å². The fourth-order valence-electron chi connectivity index (χ4n) is 4.90. The molecule has 0 fully saturated rings. The van der Waals surface area contributed by atoms with Gasteiger partial charge in [-0.15, -0.1) is 17.9 Å². The summed E-state index contributed by atoms with van der Waals surface area (Å²) in [7, 11) is 0. The molecule has 5 nitrogen and oxygen atoms in total. The number of benzene rings is 1. The van der Waals surface area contributed by atoms with Gasteiger partial charge in [-0.1, -0.05) is 31.7 Å². The lowest BCUT2D eigenvalue weighted by molar-refractivity contribution is 0.559. The van der Waals surface area contributed by atoms with Crippen LogP contribution in [0.25, 0.3) is 21.2 Å². The minimum Gasteiger partial charge on any atom is -0.423 e. The zero-order valence-corrected chi connectivity index (χ0v) is 21.4. The first-order valence-corrected chi connectivity index (χ1v) is 13.5. The fraction of sp³-hybridized carbons (Fsp3) is 0.370. The van der Waals surface area contributed by atoms with Gasteiger partial charge in [-0.25, -0.2) is 9.78 Å². The van der Waals surface area contributed by atoms with Gasteiger partial charge in [-0.05, 0) is 72.9 Å². The van der Waals surface area contributed by atoms with Crippen molar-refractivity contribution in [2.45, 2.75) is 69.8 Å². The number of aryl methyl sites for hydroxylation is 3. The molecule has 0 N–H and O–H groups in total. The highest BCUT2D eigenvalue weighted by Gasteiger charge is 2.22. The van der Waals surface area contributed by atoms with Crippen molar-refractivity contribution in [3.8, 4) is 0 Å². The molecule has 4 aromatic rings. The number of allylic oxidation sites excluding steroid dienone is 1. The van der Waals surface area contributed by atoms with Gasteiger partial charge in [-0.2, -0.15) is 0 Å². The second kappa shape index (κ2) is 9.19. The van der Waals surface area contributed by atoms with Gasteiger partial charge in [0.25, 0.3) is 5.56 Å². The van der Waals surface area contributed by atoms with Gasteiger partial charge in [0.15, 0.2) is 5.16 Å². The highest BCUT2D eigenvalue weighted by Crippen LogP contribution is 2.35. The van der Waals surface area contributed by atoms with Crippen LogP contribution in [0.3, 0.4) is 0 Å². The van der Waals surface area contributed by atoms with Crippen LogP contribution in [0.4, 0.5) is 0 Å². The maximum Gasteiger partial charge on any atom is 0.336 e. The third kappa shape index (κ3) is 4.05. The van der Waals surface area contributed by atoms with E-state index < -0.39 is 0 Å². The predicted octanol–water partition coefficient (Wildman–Crippen LogP) is 6.35. The Labute approximate surface area is 206 Å². The number of thiophene rings is 1. The number of fused-ring (bicyclic) bond motifs is 4. The smallest absolute Gasteiger partial charge is 0.336 e. The number of thioether (sulfide) groups is 1. The Morgan fingerprint density at radius 2 is 2.03 bits per heavy atom. The van der Waals surface area contributed by atoms with Crippen LogP contribution in [-0.4, -0.2) is 9.55 Å². The van der Waals surface area contributed by atoms with Crippen molar-refractivity contribution in [3.63, 3.8) is 0 Å². The van der Waals surface area contributed by atoms with Crippen LogP contribution < -0.4 is 11.2 Å². The van der Waals surface area contributed by atoms with Crippen molar-refractivity contribution in [3.05, 3.63) is 78.8 Å². The quantitative estimate of drug-likeness (QED) is 0.136. The standard InChI is InChI=1S/C27H28N2O3S2/c1-5-10-29-26(31)24-18-8-6-7-9-22(18)34-25(24)28-27(29)33-14-17-12-23(30)32-21-11-16(4)19(15(2)3)13-20(17)21/h5,11-13,15H,1,6-10,14H2,2-4H3. The minimum absolute atomic E-state index is 0.0157. The van der Waals surface area contributed by atoms with Gasteiger partial charge in [0, 0.05) is 28.6 Å². The maximum absolute atomic E-state index is 13.5. The number of hydrogen-bond acceptors (Lipinski definition) is 6. The normalized spacial score (nSPS) is 13.6. The Morgan fingerprint density at radius 3 is 2.79 bits per heavy atom. The Balaban J connectivity index is 1.59. The third-order valence-electron chi connectivity index (χ3n) is 6.55. The molecular weight excluding hydrogens is 464 g/mol. The molecule has 3 aromatic heterocycles. The molecule has 1 aliphatic rings. The van der Waals surface area contributed by atoms with E-state index >= 15 is 0 Å². The van der Waals surface area contributed by atoms with E-state index in [-0.39, 0.29) is 11.2 Å². The molecule has 0 atom stereocenters. The first-order chi connectivity index (χ1) is 16.4. The molecule has 0 bridgehead atoms. The van der Waals surface area contributed by atoms with E-state index in [9.17, 15) is 9.59 Å². The number of hydrogen-bond donors (Lipinski definition) is 0. The van der Waals surface area contributed by atoms with E-state index in [4.69, 9.17) is 9.40 Å². The molecule has 0 amide bonds. The predicted molar refractivity (Wildman–Crippen MR) is 142 cm³/mol. The molecule has 0 unspecified atom stereocenters. The largest absolute Gasteiger partial charge is 0.423 e. The summed E-state index contributed by atoms with van der Waals surface area (Å²) in [5.41, 5.74) is 4.69. The van der Waals surface area contributed by atoms with Gasteiger partial charge >= 0.3 is 5.63 Å². The van der Waals surface area contributed by atoms with Crippen LogP contribution in [0.15, 0.2) is 50.0 Å². The molecule has 3 heterocycles. The average molecular weight is 493 g/mol. The van der Waals surface area contributed by atoms with Gasteiger partial charge in [0.05, 0.1) is 5.39 Å². The summed E-state index contributed by atoms with van der Waals surface area (Å²) in [6.45, 7) is 10.6. The summed E-state index contributed by atoms with van der Waals surface area (Å²) in [4.78, 5) is 32.9. The van der Waals surface area contributed by atoms with E-state index in [1.807, 2.05) is 13.0 Å². The van der Waals surface area contributed by atoms with E-state index in [2.05, 4.69) is 26.5 Å². The number of nitrogens with zero attached hydrogens (tertiary/aromatic N) is 2. The Kier molecular flexibility index (Phi) is 6.25. The number of rotatable bonds is 6. The lowest BCUT2D eigenvalue weighted by Gasteiger charge is -2.14. The van der Waals surface area contributed by atoms with E-state index in [1.165, 1.54) is 34.2 Å². The fourth-order valence-corrected chi connectivity index (χ4v) is 7.20. The molecule has 0 saturated heterocycles. The molecule has 0 saturated carbocycles. The minimum atomic E-state index is -0.363. The monoisotopic (exact) mass is 492 g/mol. The van der Waals surface area contributed by atoms with Crippen molar-refractivity contribution in [1.29, 1.82) is 0 Å². The Hall–Kier alpha value is -2.64. The van der Waals surface area contributed by atoms with Crippen LogP contribution >= 0.6 is 23.1 Å². The highest BCUT2D eigenvalue weighted by atomic mass is 32.2. The van der Waals surface area contributed by atoms with Crippen LogP contribution in [0.2, 0.25) is 0 Å². The zero-order valence-electron chi connectivity index (χ0n) is 19.8. The van der Waals surface area contributed by atoms with Crippen molar-refractivity contribution in [2.75, 3.05) is 0 Å². The topological polar surface area (TPSA) is 65.1 Å². The Bertz CT molecular complexity index is 1540. The van der Waals surface area contributed by atoms with E-state index in [1.54, 1.807) is 28.0 Å². The molecule has 0 radical (unpaired) electrons. The molecule has 0 spiro atoms. The third-order valence-corrected chi connectivity index (χ3v) is 8.76. The molecule has 7 heteroatoms. The molecule has 0 aliphatic heterocycles.